The van der Waals surface area contributed by atoms with Crippen LogP contribution in [0.4, 0.5) is 0 Å². The second kappa shape index (κ2) is 21.7. The Morgan fingerprint density at radius 2 is 0.586 bits per heavy atom. The number of benzene rings is 14. The van der Waals surface area contributed by atoms with Crippen molar-refractivity contribution in [2.24, 2.45) is 0 Å². The fraction of sp³-hybridized carbons (Fsp3) is 0. The van der Waals surface area contributed by atoms with E-state index in [1.165, 1.54) is 86.7 Å². The molecule has 0 fully saturated rings. The number of fused-ring (bicyclic) bond motifs is 16. The summed E-state index contributed by atoms with van der Waals surface area (Å²) in [7, 11) is 0. The molecule has 0 saturated carbocycles. The largest absolute Gasteiger partial charge is 0.354 e. The van der Waals surface area contributed by atoms with Crippen molar-refractivity contribution in [2.45, 2.75) is 0 Å². The van der Waals surface area contributed by atoms with E-state index in [-0.39, 0.29) is 0 Å². The van der Waals surface area contributed by atoms with Crippen LogP contribution in [0.2, 0.25) is 5.02 Å². The van der Waals surface area contributed by atoms with Crippen molar-refractivity contribution in [3.05, 3.63) is 308 Å². The van der Waals surface area contributed by atoms with Crippen LogP contribution in [0.1, 0.15) is 0 Å². The topological polar surface area (TPSA) is 72.3 Å². The number of hydrogen-bond acceptors (Lipinski definition) is 4. The summed E-state index contributed by atoms with van der Waals surface area (Å²) < 4.78 is 2.39. The second-order valence-corrected chi connectivity index (χ2v) is 22.3. The predicted molar refractivity (Wildman–Crippen MR) is 366 cm³/mol. The Balaban J connectivity index is 0.000000117. The van der Waals surface area contributed by atoms with Crippen molar-refractivity contribution in [1.29, 1.82) is 0 Å². The van der Waals surface area contributed by atoms with E-state index in [4.69, 9.17) is 31.5 Å². The lowest BCUT2D eigenvalue weighted by Gasteiger charge is -2.13. The van der Waals surface area contributed by atoms with Crippen molar-refractivity contribution in [3.63, 3.8) is 0 Å². The maximum atomic E-state index is 6.11. The molecule has 0 unspecified atom stereocenters. The first kappa shape index (κ1) is 51.3. The van der Waals surface area contributed by atoms with E-state index in [2.05, 4.69) is 234 Å². The van der Waals surface area contributed by atoms with Crippen molar-refractivity contribution in [1.82, 2.24) is 29.5 Å². The number of nitrogens with zero attached hydrogens (tertiary/aromatic N) is 5. The van der Waals surface area contributed by atoms with Gasteiger partial charge in [-0.15, -0.1) is 0 Å². The fourth-order valence-electron chi connectivity index (χ4n) is 12.7. The van der Waals surface area contributed by atoms with Gasteiger partial charge < -0.3 is 9.55 Å². The quantitative estimate of drug-likeness (QED) is 0.186. The number of rotatable bonds is 5. The molecule has 6 nitrogen and oxygen atoms in total. The second-order valence-electron chi connectivity index (χ2n) is 21.9. The first-order valence-corrected chi connectivity index (χ1v) is 29.6. The van der Waals surface area contributed by atoms with Crippen LogP contribution in [0.25, 0.3) is 159 Å². The minimum absolute atomic E-state index is 0.665. The van der Waals surface area contributed by atoms with Gasteiger partial charge in [0.2, 0.25) is 0 Å². The van der Waals surface area contributed by atoms with Crippen molar-refractivity contribution in [3.8, 4) is 50.7 Å². The lowest BCUT2D eigenvalue weighted by atomic mass is 10.00. The van der Waals surface area contributed by atoms with Crippen LogP contribution in [-0.4, -0.2) is 29.5 Å². The molecule has 0 aliphatic heterocycles. The Morgan fingerprint density at radius 1 is 0.264 bits per heavy atom. The highest BCUT2D eigenvalue weighted by Gasteiger charge is 2.20. The molecule has 7 heteroatoms. The molecule has 18 rings (SSSR count). The maximum Gasteiger partial charge on any atom is 0.0973 e. The zero-order valence-corrected chi connectivity index (χ0v) is 47.7. The molecular weight excluding hydrogens is 1080 g/mol. The third-order valence-corrected chi connectivity index (χ3v) is 16.9. The first-order chi connectivity index (χ1) is 43.1. The monoisotopic (exact) mass is 1130 g/mol. The van der Waals surface area contributed by atoms with Crippen LogP contribution in [0.15, 0.2) is 303 Å². The number of hydrogen-bond donors (Lipinski definition) is 1. The molecule has 0 aliphatic carbocycles. The van der Waals surface area contributed by atoms with Gasteiger partial charge in [0, 0.05) is 65.5 Å². The molecule has 0 radical (unpaired) electrons. The van der Waals surface area contributed by atoms with E-state index < -0.39 is 0 Å². The summed E-state index contributed by atoms with van der Waals surface area (Å²) in [5.74, 6) is 0. The lowest BCUT2D eigenvalue weighted by molar-refractivity contribution is 1.18. The van der Waals surface area contributed by atoms with Crippen LogP contribution in [0.3, 0.4) is 0 Å². The molecule has 0 spiro atoms. The average molecular weight is 1130 g/mol. The molecule has 18 aromatic rings. The molecule has 0 atom stereocenters. The van der Waals surface area contributed by atoms with E-state index in [1.54, 1.807) is 0 Å². The molecule has 4 aromatic heterocycles. The molecular formula is C80H51ClN6. The highest BCUT2D eigenvalue weighted by atomic mass is 35.5. The number of H-pyrrole nitrogens is 1. The summed E-state index contributed by atoms with van der Waals surface area (Å²) >= 11 is 6.11. The van der Waals surface area contributed by atoms with Crippen LogP contribution >= 0.6 is 11.6 Å². The van der Waals surface area contributed by atoms with Gasteiger partial charge in [-0.1, -0.05) is 254 Å². The standard InChI is InChI=1S/C40H25N3.C20H13ClN2.C20H13N/c1-3-13-28(14-4-1)39-40(29-15-5-2-6-16-29)42-34-25-30(21-22-33(34)41-39)43-35-23-19-26-11-7-9-17-31(26)37(35)38-32-18-10-8-12-27(32)20-24-36(38)43;21-16-11-12-17-18(13-16)23-20(15-9-5-2-6-10-15)19(22-17)14-7-3-1-4-8-14;1-3-7-15-13(5-1)9-11-17-19(15)20-16-8-4-2-6-14(16)10-12-18(20)21-17/h1-25H;1-13H;1-12,21H. The normalized spacial score (nSPS) is 11.5. The Labute approximate surface area is 505 Å². The highest BCUT2D eigenvalue weighted by Crippen LogP contribution is 2.42. The Morgan fingerprint density at radius 3 is 0.989 bits per heavy atom. The Hall–Kier alpha value is -11.3. The van der Waals surface area contributed by atoms with Gasteiger partial charge >= 0.3 is 0 Å². The highest BCUT2D eigenvalue weighted by molar-refractivity contribution is 6.31. The van der Waals surface area contributed by atoms with Gasteiger partial charge in [-0.05, 0) is 104 Å². The third-order valence-electron chi connectivity index (χ3n) is 16.6. The van der Waals surface area contributed by atoms with Crippen LogP contribution in [-0.2, 0) is 0 Å². The van der Waals surface area contributed by atoms with Gasteiger partial charge in [0.1, 0.15) is 0 Å². The minimum Gasteiger partial charge on any atom is -0.354 e. The summed E-state index contributed by atoms with van der Waals surface area (Å²) in [4.78, 5) is 23.7. The minimum atomic E-state index is 0.665. The Bertz CT molecular complexity index is 5460. The number of aromatic nitrogens is 6. The summed E-state index contributed by atoms with van der Waals surface area (Å²) in [6.45, 7) is 0. The molecule has 1 N–H and O–H groups in total. The molecule has 87 heavy (non-hydrogen) atoms. The zero-order valence-electron chi connectivity index (χ0n) is 47.0. The van der Waals surface area contributed by atoms with Gasteiger partial charge in [-0.3, -0.25) is 0 Å². The summed E-state index contributed by atoms with van der Waals surface area (Å²) in [5, 5.41) is 16.1. The number of halogens is 1. The van der Waals surface area contributed by atoms with E-state index >= 15 is 0 Å². The predicted octanol–water partition coefficient (Wildman–Crippen LogP) is 21.6. The third kappa shape index (κ3) is 9.24. The molecule has 0 bridgehead atoms. The van der Waals surface area contributed by atoms with Crippen molar-refractivity contribution >= 4 is 120 Å². The van der Waals surface area contributed by atoms with E-state index in [0.29, 0.717) is 5.02 Å². The van der Waals surface area contributed by atoms with Crippen molar-refractivity contribution < 1.29 is 0 Å². The van der Waals surface area contributed by atoms with Crippen LogP contribution in [0.5, 0.6) is 0 Å². The molecule has 14 aromatic carbocycles. The van der Waals surface area contributed by atoms with Gasteiger partial charge in [-0.2, -0.15) is 0 Å². The average Bonchev–Trinajstić information content (AvgIpc) is 1.62. The fourth-order valence-corrected chi connectivity index (χ4v) is 12.8. The van der Waals surface area contributed by atoms with Gasteiger partial charge in [-0.25, -0.2) is 19.9 Å². The number of nitrogens with one attached hydrogen (secondary N) is 1. The summed E-state index contributed by atoms with van der Waals surface area (Å²) in [5.41, 5.74) is 17.0. The molecule has 408 valence electrons. The van der Waals surface area contributed by atoms with E-state index in [1.807, 2.05) is 78.9 Å². The first-order valence-electron chi connectivity index (χ1n) is 29.2. The molecule has 4 heterocycles. The summed E-state index contributed by atoms with van der Waals surface area (Å²) in [6, 6.07) is 105. The van der Waals surface area contributed by atoms with Gasteiger partial charge in [0.25, 0.3) is 0 Å². The van der Waals surface area contributed by atoms with Gasteiger partial charge in [0.05, 0.1) is 55.9 Å². The SMILES string of the molecule is Clc1ccc2nc(-c3ccccc3)c(-c3ccccc3)nc2c1.c1ccc(-c2nc3ccc(-n4c5ccc6ccccc6c5c5c6ccccc6ccc54)cc3nc2-c2ccccc2)cc1.c1ccc2c(c1)ccc1[nH]c3ccc4ccccc4c3c12. The smallest absolute Gasteiger partial charge is 0.0973 e. The van der Waals surface area contributed by atoms with E-state index in [0.717, 1.165) is 72.8 Å². The zero-order chi connectivity index (χ0) is 57.8. The lowest BCUT2D eigenvalue weighted by Crippen LogP contribution is -1.98. The van der Waals surface area contributed by atoms with Crippen molar-refractivity contribution in [2.75, 3.05) is 0 Å². The molecule has 0 saturated heterocycles. The van der Waals surface area contributed by atoms with Crippen LogP contribution < -0.4 is 0 Å². The molecule has 0 amide bonds. The maximum absolute atomic E-state index is 6.11. The van der Waals surface area contributed by atoms with Crippen LogP contribution in [0, 0.1) is 0 Å². The Kier molecular flexibility index (Phi) is 12.8. The number of aromatic amines is 1. The van der Waals surface area contributed by atoms with Gasteiger partial charge in [0.15, 0.2) is 0 Å². The summed E-state index contributed by atoms with van der Waals surface area (Å²) in [6.07, 6.45) is 0. The molecule has 0 aliphatic rings. The van der Waals surface area contributed by atoms with E-state index in [9.17, 15) is 0 Å².